The van der Waals surface area contributed by atoms with E-state index in [9.17, 15) is 4.79 Å². The van der Waals surface area contributed by atoms with Crippen molar-refractivity contribution >= 4 is 11.6 Å². The monoisotopic (exact) mass is 261 g/mol. The van der Waals surface area contributed by atoms with Gasteiger partial charge in [0.2, 0.25) is 0 Å². The smallest absolute Gasteiger partial charge is 0.339 e. The highest BCUT2D eigenvalue weighted by molar-refractivity contribution is 5.94. The molecule has 3 rings (SSSR count). The first-order valence-electron chi connectivity index (χ1n) is 6.25. The van der Waals surface area contributed by atoms with E-state index in [0.717, 1.165) is 32.0 Å². The normalized spacial score (nSPS) is 16.8. The molecule has 1 aliphatic heterocycles. The second kappa shape index (κ2) is 4.94. The summed E-state index contributed by atoms with van der Waals surface area (Å²) in [4.78, 5) is 13.4. The maximum absolute atomic E-state index is 11.1. The van der Waals surface area contributed by atoms with Crippen molar-refractivity contribution in [3.63, 3.8) is 0 Å². The summed E-state index contributed by atoms with van der Waals surface area (Å²) in [6.07, 6.45) is 1.80. The van der Waals surface area contributed by atoms with Crippen LogP contribution in [0.1, 0.15) is 16.2 Å². The summed E-state index contributed by atoms with van der Waals surface area (Å²) in [5.74, 6) is -0.202. The van der Waals surface area contributed by atoms with Crippen molar-refractivity contribution in [2.75, 3.05) is 26.2 Å². The van der Waals surface area contributed by atoms with E-state index in [0.29, 0.717) is 12.2 Å². The van der Waals surface area contributed by atoms with Crippen LogP contribution in [-0.4, -0.2) is 56.8 Å². The molecule has 7 heteroatoms. The van der Waals surface area contributed by atoms with Crippen LogP contribution in [0.3, 0.4) is 0 Å². The van der Waals surface area contributed by atoms with Gasteiger partial charge in [0.1, 0.15) is 5.56 Å². The van der Waals surface area contributed by atoms with E-state index in [1.165, 1.54) is 0 Å². The molecule has 0 atom stereocenters. The SMILES string of the molecule is O=C(O)c1cccn2c(CN3CCNCC3)nnc12. The summed E-state index contributed by atoms with van der Waals surface area (Å²) in [6.45, 7) is 4.56. The fourth-order valence-corrected chi connectivity index (χ4v) is 2.31. The molecule has 1 fully saturated rings. The zero-order valence-electron chi connectivity index (χ0n) is 10.4. The summed E-state index contributed by atoms with van der Waals surface area (Å²) < 4.78 is 1.76. The number of aromatic carboxylic acids is 1. The number of carboxylic acids is 1. The molecule has 0 spiro atoms. The number of hydrogen-bond acceptors (Lipinski definition) is 5. The van der Waals surface area contributed by atoms with Crippen LogP contribution in [0, 0.1) is 0 Å². The van der Waals surface area contributed by atoms with Gasteiger partial charge in [0, 0.05) is 32.4 Å². The van der Waals surface area contributed by atoms with Crippen LogP contribution in [0.2, 0.25) is 0 Å². The highest BCUT2D eigenvalue weighted by Crippen LogP contribution is 2.11. The fourth-order valence-electron chi connectivity index (χ4n) is 2.31. The molecule has 1 aliphatic rings. The van der Waals surface area contributed by atoms with Gasteiger partial charge in [-0.3, -0.25) is 9.30 Å². The van der Waals surface area contributed by atoms with E-state index < -0.39 is 5.97 Å². The van der Waals surface area contributed by atoms with Crippen LogP contribution in [0.4, 0.5) is 0 Å². The first-order chi connectivity index (χ1) is 9.25. The van der Waals surface area contributed by atoms with Gasteiger partial charge in [-0.1, -0.05) is 0 Å². The summed E-state index contributed by atoms with van der Waals surface area (Å²) in [7, 11) is 0. The van der Waals surface area contributed by atoms with E-state index in [2.05, 4.69) is 20.4 Å². The fraction of sp³-hybridized carbons (Fsp3) is 0.417. The highest BCUT2D eigenvalue weighted by atomic mass is 16.4. The van der Waals surface area contributed by atoms with Crippen LogP contribution < -0.4 is 5.32 Å². The minimum Gasteiger partial charge on any atom is -0.478 e. The molecule has 19 heavy (non-hydrogen) atoms. The molecule has 0 bridgehead atoms. The van der Waals surface area contributed by atoms with Crippen LogP contribution >= 0.6 is 0 Å². The maximum Gasteiger partial charge on any atom is 0.339 e. The van der Waals surface area contributed by atoms with E-state index in [4.69, 9.17) is 5.11 Å². The maximum atomic E-state index is 11.1. The first kappa shape index (κ1) is 12.1. The van der Waals surface area contributed by atoms with Gasteiger partial charge in [0.05, 0.1) is 6.54 Å². The van der Waals surface area contributed by atoms with Crippen molar-refractivity contribution < 1.29 is 9.90 Å². The number of nitrogens with one attached hydrogen (secondary N) is 1. The van der Waals surface area contributed by atoms with Gasteiger partial charge < -0.3 is 10.4 Å². The van der Waals surface area contributed by atoms with Crippen LogP contribution in [0.5, 0.6) is 0 Å². The molecule has 2 aromatic rings. The Bertz CT molecular complexity index is 603. The Morgan fingerprint density at radius 1 is 1.37 bits per heavy atom. The predicted octanol–water partition coefficient (Wildman–Crippen LogP) is -0.167. The molecule has 0 aromatic carbocycles. The molecule has 2 N–H and O–H groups in total. The molecule has 0 unspecified atom stereocenters. The third kappa shape index (κ3) is 2.29. The zero-order valence-corrected chi connectivity index (χ0v) is 10.4. The molecule has 0 radical (unpaired) electrons. The summed E-state index contributed by atoms with van der Waals surface area (Å²) in [6, 6.07) is 3.25. The van der Waals surface area contributed by atoms with Crippen molar-refractivity contribution in [3.05, 3.63) is 29.7 Å². The molecule has 100 valence electrons. The number of carboxylic acid groups (broad SMARTS) is 1. The largest absolute Gasteiger partial charge is 0.478 e. The molecule has 3 heterocycles. The van der Waals surface area contributed by atoms with Crippen LogP contribution in [0.25, 0.3) is 5.65 Å². The lowest BCUT2D eigenvalue weighted by Gasteiger charge is -2.26. The van der Waals surface area contributed by atoms with Crippen molar-refractivity contribution in [1.82, 2.24) is 24.8 Å². The second-order valence-corrected chi connectivity index (χ2v) is 4.56. The van der Waals surface area contributed by atoms with Gasteiger partial charge in [-0.25, -0.2) is 4.79 Å². The zero-order chi connectivity index (χ0) is 13.2. The summed E-state index contributed by atoms with van der Waals surface area (Å²) >= 11 is 0. The average molecular weight is 261 g/mol. The topological polar surface area (TPSA) is 82.8 Å². The number of rotatable bonds is 3. The highest BCUT2D eigenvalue weighted by Gasteiger charge is 2.16. The van der Waals surface area contributed by atoms with Gasteiger partial charge in [-0.15, -0.1) is 10.2 Å². The van der Waals surface area contributed by atoms with Crippen LogP contribution in [-0.2, 0) is 6.54 Å². The van der Waals surface area contributed by atoms with Gasteiger partial charge >= 0.3 is 5.97 Å². The standard InChI is InChI=1S/C12H15N5O2/c18-12(19)9-2-1-5-17-10(14-15-11(9)17)8-16-6-3-13-4-7-16/h1-2,5,13H,3-4,6-8H2,(H,18,19). The summed E-state index contributed by atoms with van der Waals surface area (Å²) in [5.41, 5.74) is 0.585. The Labute approximate surface area is 109 Å². The number of carbonyl (C=O) groups is 1. The molecule has 2 aromatic heterocycles. The molecular formula is C12H15N5O2. The summed E-state index contributed by atoms with van der Waals surface area (Å²) in [5, 5.41) is 20.5. The number of hydrogen-bond donors (Lipinski definition) is 2. The van der Waals surface area contributed by atoms with E-state index in [1.807, 2.05) is 0 Å². The lowest BCUT2D eigenvalue weighted by atomic mass is 10.2. The number of pyridine rings is 1. The van der Waals surface area contributed by atoms with E-state index in [-0.39, 0.29) is 5.56 Å². The number of piperazine rings is 1. The van der Waals surface area contributed by atoms with Gasteiger partial charge in [-0.05, 0) is 12.1 Å². The third-order valence-electron chi connectivity index (χ3n) is 3.31. The molecular weight excluding hydrogens is 246 g/mol. The number of fused-ring (bicyclic) bond motifs is 1. The van der Waals surface area contributed by atoms with Crippen molar-refractivity contribution in [3.8, 4) is 0 Å². The molecule has 1 saturated heterocycles. The van der Waals surface area contributed by atoms with Gasteiger partial charge in [-0.2, -0.15) is 0 Å². The van der Waals surface area contributed by atoms with Gasteiger partial charge in [0.15, 0.2) is 11.5 Å². The Morgan fingerprint density at radius 3 is 2.89 bits per heavy atom. The third-order valence-corrected chi connectivity index (χ3v) is 3.31. The Balaban J connectivity index is 1.92. The first-order valence-corrected chi connectivity index (χ1v) is 6.25. The molecule has 7 nitrogen and oxygen atoms in total. The van der Waals surface area contributed by atoms with Gasteiger partial charge in [0.25, 0.3) is 0 Å². The molecule has 0 saturated carbocycles. The average Bonchev–Trinajstić information content (AvgIpc) is 2.83. The quantitative estimate of drug-likeness (QED) is 0.798. The van der Waals surface area contributed by atoms with Crippen molar-refractivity contribution in [2.45, 2.75) is 6.54 Å². The number of aromatic nitrogens is 3. The predicted molar refractivity (Wildman–Crippen MR) is 68.1 cm³/mol. The lowest BCUT2D eigenvalue weighted by molar-refractivity contribution is 0.0698. The molecule has 0 aliphatic carbocycles. The molecule has 0 amide bonds. The number of nitrogens with zero attached hydrogens (tertiary/aromatic N) is 4. The minimum absolute atomic E-state index is 0.182. The van der Waals surface area contributed by atoms with Crippen LogP contribution in [0.15, 0.2) is 18.3 Å². The Morgan fingerprint density at radius 2 is 2.16 bits per heavy atom. The Kier molecular flexibility index (Phi) is 3.14. The van der Waals surface area contributed by atoms with E-state index >= 15 is 0 Å². The Hall–Kier alpha value is -1.99. The second-order valence-electron chi connectivity index (χ2n) is 4.56. The lowest BCUT2D eigenvalue weighted by Crippen LogP contribution is -2.43. The minimum atomic E-state index is -0.980. The van der Waals surface area contributed by atoms with Crippen molar-refractivity contribution in [1.29, 1.82) is 0 Å². The van der Waals surface area contributed by atoms with Crippen molar-refractivity contribution in [2.24, 2.45) is 0 Å². The van der Waals surface area contributed by atoms with E-state index in [1.54, 1.807) is 22.7 Å².